The number of likely N-dealkylation sites (tertiary alicyclic amines) is 1. The van der Waals surface area contributed by atoms with Gasteiger partial charge in [-0.05, 0) is 7.05 Å². The Morgan fingerprint density at radius 2 is 2.14 bits per heavy atom. The molecule has 2 saturated heterocycles. The minimum absolute atomic E-state index is 0.307. The molecule has 0 atom stereocenters. The summed E-state index contributed by atoms with van der Waals surface area (Å²) in [5, 5.41) is 1.74. The Kier molecular flexibility index (Phi) is 3.32. The van der Waals surface area contributed by atoms with Crippen LogP contribution in [0.3, 0.4) is 0 Å². The maximum atomic E-state index is 5.41. The lowest BCUT2D eigenvalue weighted by Crippen LogP contribution is -2.59. The van der Waals surface area contributed by atoms with Crippen LogP contribution in [0.15, 0.2) is 0 Å². The van der Waals surface area contributed by atoms with E-state index in [1.807, 2.05) is 7.05 Å². The zero-order valence-corrected chi connectivity index (χ0v) is 8.69. The van der Waals surface area contributed by atoms with Gasteiger partial charge >= 0.3 is 0 Å². The summed E-state index contributed by atoms with van der Waals surface area (Å²) in [4.78, 5) is 7.62. The molecule has 0 aromatic heterocycles. The molecule has 2 aliphatic rings. The molecule has 6 heteroatoms. The topological polar surface area (TPSA) is 49.0 Å². The lowest BCUT2D eigenvalue weighted by molar-refractivity contribution is -0.181. The van der Waals surface area contributed by atoms with Crippen LogP contribution in [0.5, 0.6) is 0 Å². The van der Waals surface area contributed by atoms with E-state index in [4.69, 9.17) is 9.57 Å². The number of rotatable bonds is 5. The van der Waals surface area contributed by atoms with Crippen molar-refractivity contribution < 1.29 is 9.57 Å². The summed E-state index contributed by atoms with van der Waals surface area (Å²) in [5.41, 5.74) is 6.03. The SMILES string of the molecule is CN1CC(ONN(C)NC2COC2)C1. The van der Waals surface area contributed by atoms with Crippen LogP contribution in [-0.2, 0) is 9.57 Å². The molecular weight excluding hydrogens is 184 g/mol. The maximum Gasteiger partial charge on any atom is 0.106 e. The Hall–Kier alpha value is -0.240. The molecule has 0 aliphatic carbocycles. The van der Waals surface area contributed by atoms with Crippen molar-refractivity contribution in [2.45, 2.75) is 12.1 Å². The second-order valence-electron chi connectivity index (χ2n) is 3.97. The first kappa shape index (κ1) is 10.3. The van der Waals surface area contributed by atoms with E-state index in [-0.39, 0.29) is 0 Å². The third-order valence-electron chi connectivity index (χ3n) is 2.40. The summed E-state index contributed by atoms with van der Waals surface area (Å²) in [6, 6.07) is 0.417. The molecule has 0 aromatic rings. The second kappa shape index (κ2) is 4.52. The van der Waals surface area contributed by atoms with E-state index in [2.05, 4.69) is 23.0 Å². The van der Waals surface area contributed by atoms with Gasteiger partial charge < -0.3 is 9.64 Å². The largest absolute Gasteiger partial charge is 0.378 e. The van der Waals surface area contributed by atoms with Crippen molar-refractivity contribution >= 4 is 0 Å². The minimum atomic E-state index is 0.307. The molecular formula is C8H18N4O2. The second-order valence-corrected chi connectivity index (χ2v) is 3.97. The average Bonchev–Trinajstić information content (AvgIpc) is 2.03. The van der Waals surface area contributed by atoms with E-state index in [1.165, 1.54) is 0 Å². The van der Waals surface area contributed by atoms with Crippen molar-refractivity contribution in [3.05, 3.63) is 0 Å². The number of likely N-dealkylation sites (N-methyl/N-ethyl adjacent to an activating group) is 1. The van der Waals surface area contributed by atoms with Gasteiger partial charge in [0.2, 0.25) is 0 Å². The molecule has 82 valence electrons. The Bertz CT molecular complexity index is 182. The predicted octanol–water partition coefficient (Wildman–Crippen LogP) is -1.43. The van der Waals surface area contributed by atoms with E-state index in [9.17, 15) is 0 Å². The number of nitrogens with one attached hydrogen (secondary N) is 2. The van der Waals surface area contributed by atoms with Gasteiger partial charge in [-0.2, -0.15) is 5.12 Å². The molecule has 2 rings (SSSR count). The zero-order valence-electron chi connectivity index (χ0n) is 8.69. The van der Waals surface area contributed by atoms with E-state index >= 15 is 0 Å². The van der Waals surface area contributed by atoms with Gasteiger partial charge in [-0.25, -0.2) is 5.43 Å². The summed E-state index contributed by atoms with van der Waals surface area (Å²) >= 11 is 0. The fourth-order valence-electron chi connectivity index (χ4n) is 1.48. The number of hydrogen-bond donors (Lipinski definition) is 2. The van der Waals surface area contributed by atoms with Gasteiger partial charge in [-0.15, -0.1) is 5.59 Å². The van der Waals surface area contributed by atoms with Gasteiger partial charge in [0.05, 0.1) is 19.3 Å². The van der Waals surface area contributed by atoms with Crippen molar-refractivity contribution in [2.75, 3.05) is 40.4 Å². The summed E-state index contributed by atoms with van der Waals surface area (Å²) in [5.74, 6) is 0. The highest BCUT2D eigenvalue weighted by Gasteiger charge is 2.25. The first-order chi connectivity index (χ1) is 6.74. The van der Waals surface area contributed by atoms with Crippen molar-refractivity contribution in [2.24, 2.45) is 0 Å². The number of ether oxygens (including phenoxy) is 1. The average molecular weight is 202 g/mol. The summed E-state index contributed by atoms with van der Waals surface area (Å²) < 4.78 is 5.04. The van der Waals surface area contributed by atoms with Gasteiger partial charge in [-0.3, -0.25) is 4.84 Å². The Balaban J connectivity index is 1.51. The molecule has 6 nitrogen and oxygen atoms in total. The molecule has 2 heterocycles. The van der Waals surface area contributed by atoms with Gasteiger partial charge in [-0.1, -0.05) is 0 Å². The summed E-state index contributed by atoms with van der Waals surface area (Å²) in [6.45, 7) is 3.54. The number of hydrogen-bond acceptors (Lipinski definition) is 6. The monoisotopic (exact) mass is 202 g/mol. The third kappa shape index (κ3) is 2.63. The van der Waals surface area contributed by atoms with Crippen molar-refractivity contribution in [1.29, 1.82) is 0 Å². The smallest absolute Gasteiger partial charge is 0.106 e. The van der Waals surface area contributed by atoms with Crippen molar-refractivity contribution in [3.8, 4) is 0 Å². The van der Waals surface area contributed by atoms with Crippen molar-refractivity contribution in [3.63, 3.8) is 0 Å². The van der Waals surface area contributed by atoms with Crippen molar-refractivity contribution in [1.82, 2.24) is 21.0 Å². The van der Waals surface area contributed by atoms with Crippen LogP contribution in [0.25, 0.3) is 0 Å². The number of nitrogens with zero attached hydrogens (tertiary/aromatic N) is 2. The molecule has 2 fully saturated rings. The molecule has 0 unspecified atom stereocenters. The maximum absolute atomic E-state index is 5.41. The molecule has 0 aromatic carbocycles. The molecule has 2 aliphatic heterocycles. The lowest BCUT2D eigenvalue weighted by Gasteiger charge is -2.37. The van der Waals surface area contributed by atoms with E-state index in [1.54, 1.807) is 5.12 Å². The third-order valence-corrected chi connectivity index (χ3v) is 2.40. The molecule has 14 heavy (non-hydrogen) atoms. The van der Waals surface area contributed by atoms with E-state index < -0.39 is 0 Å². The molecule has 0 bridgehead atoms. The zero-order chi connectivity index (χ0) is 9.97. The summed E-state index contributed by atoms with van der Waals surface area (Å²) in [7, 11) is 3.97. The fourth-order valence-corrected chi connectivity index (χ4v) is 1.48. The van der Waals surface area contributed by atoms with Crippen LogP contribution in [-0.4, -0.2) is 62.6 Å². The van der Waals surface area contributed by atoms with Crippen LogP contribution >= 0.6 is 0 Å². The predicted molar refractivity (Wildman–Crippen MR) is 51.0 cm³/mol. The van der Waals surface area contributed by atoms with Crippen LogP contribution in [0.2, 0.25) is 0 Å². The van der Waals surface area contributed by atoms with Crippen LogP contribution in [0.4, 0.5) is 0 Å². The van der Waals surface area contributed by atoms with E-state index in [0.717, 1.165) is 26.3 Å². The quantitative estimate of drug-likeness (QED) is 0.533. The highest BCUT2D eigenvalue weighted by atomic mass is 16.7. The van der Waals surface area contributed by atoms with Crippen LogP contribution in [0, 0.1) is 0 Å². The Labute approximate surface area is 84.0 Å². The molecule has 2 N–H and O–H groups in total. The molecule has 0 saturated carbocycles. The van der Waals surface area contributed by atoms with Gasteiger partial charge in [0.25, 0.3) is 0 Å². The fraction of sp³-hybridized carbons (Fsp3) is 1.00. The van der Waals surface area contributed by atoms with Crippen LogP contribution in [0.1, 0.15) is 0 Å². The van der Waals surface area contributed by atoms with Gasteiger partial charge in [0.15, 0.2) is 0 Å². The first-order valence-corrected chi connectivity index (χ1v) is 4.91. The normalized spacial score (nSPS) is 25.1. The Morgan fingerprint density at radius 1 is 1.43 bits per heavy atom. The standard InChI is InChI=1S/C8H18N4O2/c1-11-3-8(4-11)14-10-12(2)9-7-5-13-6-7/h7-10H,3-6H2,1-2H3. The van der Waals surface area contributed by atoms with Crippen LogP contribution < -0.4 is 11.0 Å². The Morgan fingerprint density at radius 3 is 2.64 bits per heavy atom. The van der Waals surface area contributed by atoms with Gasteiger partial charge in [0.1, 0.15) is 6.10 Å². The highest BCUT2D eigenvalue weighted by molar-refractivity contribution is 4.76. The first-order valence-electron chi connectivity index (χ1n) is 4.91. The molecule has 0 spiro atoms. The lowest BCUT2D eigenvalue weighted by atomic mass is 10.2. The minimum Gasteiger partial charge on any atom is -0.378 e. The van der Waals surface area contributed by atoms with Gasteiger partial charge in [0, 0.05) is 20.1 Å². The number of hydrazine groups is 2. The summed E-state index contributed by atoms with van der Waals surface area (Å²) in [6.07, 6.45) is 0.307. The van der Waals surface area contributed by atoms with E-state index in [0.29, 0.717) is 12.1 Å². The molecule has 0 amide bonds. The highest BCUT2D eigenvalue weighted by Crippen LogP contribution is 2.06. The molecule has 0 radical (unpaired) electrons.